The molecule has 0 saturated heterocycles. The van der Waals surface area contributed by atoms with Crippen LogP contribution in [-0.4, -0.2) is 19.1 Å². The van der Waals surface area contributed by atoms with Gasteiger partial charge in [-0.05, 0) is 112 Å². The quantitative estimate of drug-likeness (QED) is 0.179. The first-order valence-electron chi connectivity index (χ1n) is 20.1. The summed E-state index contributed by atoms with van der Waals surface area (Å²) in [7, 11) is 0. The van der Waals surface area contributed by atoms with Crippen LogP contribution in [0.2, 0.25) is 0 Å². The smallest absolute Gasteiger partial charge is 0.0992 e. The average molecular weight is 782 g/mol. The third kappa shape index (κ3) is 4.36. The van der Waals surface area contributed by atoms with Crippen LogP contribution in [0.4, 0.5) is 0 Å². The van der Waals surface area contributed by atoms with E-state index in [-0.39, 0.29) is 0 Å². The van der Waals surface area contributed by atoms with Crippen LogP contribution in [0.25, 0.3) is 77.5 Å². The van der Waals surface area contributed by atoms with Crippen molar-refractivity contribution in [1.29, 1.82) is 5.26 Å². The molecule has 0 N–H and O–H groups in total. The van der Waals surface area contributed by atoms with Gasteiger partial charge in [0.2, 0.25) is 0 Å². The molecule has 0 bridgehead atoms. The molecule has 6 heteroatoms. The van der Waals surface area contributed by atoms with Crippen LogP contribution in [-0.2, 0) is 5.41 Å². The number of fused-ring (bicyclic) bond motifs is 15. The Kier molecular flexibility index (Phi) is 6.87. The number of hydrogen-bond acceptors (Lipinski definition) is 4. The molecule has 0 radical (unpaired) electrons. The van der Waals surface area contributed by atoms with E-state index in [0.717, 1.165) is 66.7 Å². The zero-order valence-electron chi connectivity index (χ0n) is 32.0. The standard InChI is InChI=1S/C54H31N5S/c55-32-33-21-24-48(58-44-17-5-1-11-36(44)37-12-2-6-18-45(37)58)49(29-33)59-46-19-7-3-13-38(46)39-30-34(22-25-47(39)59)35-23-26-51-43(31-35)54(40-14-4-8-20-50(40)60-51)41-15-9-27-56-52(41)53-42(54)16-10-28-57-53/h1-31H. The minimum absolute atomic E-state index is 0.560. The molecule has 1 spiro atoms. The van der Waals surface area contributed by atoms with Crippen molar-refractivity contribution in [2.45, 2.75) is 15.2 Å². The Hall–Kier alpha value is -7.72. The summed E-state index contributed by atoms with van der Waals surface area (Å²) in [4.78, 5) is 12.4. The number of nitriles is 1. The van der Waals surface area contributed by atoms with E-state index in [2.05, 4.69) is 179 Å². The van der Waals surface area contributed by atoms with Gasteiger partial charge in [-0.2, -0.15) is 5.26 Å². The van der Waals surface area contributed by atoms with Crippen molar-refractivity contribution in [3.63, 3.8) is 0 Å². The fourth-order valence-corrected chi connectivity index (χ4v) is 11.5. The van der Waals surface area contributed by atoms with Crippen LogP contribution in [0, 0.1) is 11.3 Å². The van der Waals surface area contributed by atoms with Gasteiger partial charge >= 0.3 is 0 Å². The molecule has 278 valence electrons. The molecule has 0 atom stereocenters. The molecule has 4 aromatic heterocycles. The van der Waals surface area contributed by atoms with E-state index in [9.17, 15) is 5.26 Å². The van der Waals surface area contributed by atoms with E-state index in [1.54, 1.807) is 0 Å². The van der Waals surface area contributed by atoms with E-state index in [4.69, 9.17) is 9.97 Å². The van der Waals surface area contributed by atoms with Gasteiger partial charge in [0, 0.05) is 43.7 Å². The van der Waals surface area contributed by atoms with Crippen LogP contribution in [0.3, 0.4) is 0 Å². The second-order valence-corrected chi connectivity index (χ2v) is 16.7. The monoisotopic (exact) mass is 781 g/mol. The highest BCUT2D eigenvalue weighted by molar-refractivity contribution is 7.99. The lowest BCUT2D eigenvalue weighted by Crippen LogP contribution is -2.32. The SMILES string of the molecule is N#Cc1ccc(-n2c3ccccc3c3ccccc32)c(-n2c3ccccc3c3cc(-c4ccc5c(c4)C4(c6ccccc6S5)c5cccnc5-c5ncccc54)ccc32)c1. The molecule has 60 heavy (non-hydrogen) atoms. The molecule has 0 fully saturated rings. The van der Waals surface area contributed by atoms with E-state index in [1.807, 2.05) is 36.3 Å². The Morgan fingerprint density at radius 1 is 0.433 bits per heavy atom. The first-order chi connectivity index (χ1) is 29.7. The average Bonchev–Trinajstić information content (AvgIpc) is 3.93. The Labute approximate surface area is 349 Å². The predicted molar refractivity (Wildman–Crippen MR) is 242 cm³/mol. The van der Waals surface area contributed by atoms with Gasteiger partial charge in [-0.15, -0.1) is 0 Å². The first-order valence-corrected chi connectivity index (χ1v) is 20.9. The van der Waals surface area contributed by atoms with Gasteiger partial charge in [-0.3, -0.25) is 9.97 Å². The highest BCUT2D eigenvalue weighted by Gasteiger charge is 2.51. The molecular weight excluding hydrogens is 751 g/mol. The Bertz CT molecular complexity index is 3580. The molecule has 11 aromatic rings. The lowest BCUT2D eigenvalue weighted by molar-refractivity contribution is 0.720. The number of hydrogen-bond donors (Lipinski definition) is 0. The highest BCUT2D eigenvalue weighted by atomic mass is 32.2. The second-order valence-electron chi connectivity index (χ2n) is 15.6. The molecular formula is C54H31N5S. The maximum Gasteiger partial charge on any atom is 0.0992 e. The van der Waals surface area contributed by atoms with Crippen LogP contribution in [0.15, 0.2) is 198 Å². The third-order valence-corrected chi connectivity index (χ3v) is 13.9. The number of rotatable bonds is 3. The summed E-state index contributed by atoms with van der Waals surface area (Å²) in [6, 6.07) is 65.5. The van der Waals surface area contributed by atoms with Gasteiger partial charge in [0.1, 0.15) is 0 Å². The van der Waals surface area contributed by atoms with Gasteiger partial charge in [0.15, 0.2) is 0 Å². The van der Waals surface area contributed by atoms with E-state index >= 15 is 0 Å². The van der Waals surface area contributed by atoms with Gasteiger partial charge in [-0.25, -0.2) is 0 Å². The molecule has 0 amide bonds. The topological polar surface area (TPSA) is 59.4 Å². The van der Waals surface area contributed by atoms with Crippen LogP contribution >= 0.6 is 11.8 Å². The molecule has 7 aromatic carbocycles. The normalized spacial score (nSPS) is 13.4. The van der Waals surface area contributed by atoms with Crippen LogP contribution in [0.5, 0.6) is 0 Å². The van der Waals surface area contributed by atoms with Crippen molar-refractivity contribution in [2.24, 2.45) is 0 Å². The fraction of sp³-hybridized carbons (Fsp3) is 0.0185. The minimum atomic E-state index is -0.560. The Balaban J connectivity index is 1.05. The summed E-state index contributed by atoms with van der Waals surface area (Å²) in [6.45, 7) is 0. The lowest BCUT2D eigenvalue weighted by Gasteiger charge is -2.39. The number of pyridine rings is 2. The Morgan fingerprint density at radius 2 is 0.967 bits per heavy atom. The number of nitrogens with zero attached hydrogens (tertiary/aromatic N) is 5. The summed E-state index contributed by atoms with van der Waals surface area (Å²) < 4.78 is 4.69. The maximum atomic E-state index is 10.3. The van der Waals surface area contributed by atoms with Crippen molar-refractivity contribution in [2.75, 3.05) is 0 Å². The molecule has 13 rings (SSSR count). The Morgan fingerprint density at radius 3 is 1.65 bits per heavy atom. The lowest BCUT2D eigenvalue weighted by atomic mass is 9.67. The highest BCUT2D eigenvalue weighted by Crippen LogP contribution is 2.61. The van der Waals surface area contributed by atoms with E-state index in [1.165, 1.54) is 42.8 Å². The molecule has 1 aliphatic carbocycles. The number of para-hydroxylation sites is 3. The van der Waals surface area contributed by atoms with Crippen molar-refractivity contribution in [1.82, 2.24) is 19.1 Å². The summed E-state index contributed by atoms with van der Waals surface area (Å²) in [6.07, 6.45) is 3.76. The third-order valence-electron chi connectivity index (χ3n) is 12.7. The van der Waals surface area contributed by atoms with Crippen molar-refractivity contribution >= 4 is 55.4 Å². The zero-order chi connectivity index (χ0) is 39.5. The van der Waals surface area contributed by atoms with Gasteiger partial charge in [-0.1, -0.05) is 109 Å². The summed E-state index contributed by atoms with van der Waals surface area (Å²) in [5, 5.41) is 15.0. The summed E-state index contributed by atoms with van der Waals surface area (Å²) in [5.74, 6) is 0. The molecule has 0 saturated carbocycles. The predicted octanol–water partition coefficient (Wildman–Crippen LogP) is 13.0. The first kappa shape index (κ1) is 33.3. The van der Waals surface area contributed by atoms with Crippen molar-refractivity contribution in [3.8, 4) is 40.0 Å². The maximum absolute atomic E-state index is 10.3. The van der Waals surface area contributed by atoms with Crippen LogP contribution in [0.1, 0.15) is 27.8 Å². The van der Waals surface area contributed by atoms with E-state index < -0.39 is 5.41 Å². The zero-order valence-corrected chi connectivity index (χ0v) is 32.9. The number of benzene rings is 7. The molecule has 5 heterocycles. The van der Waals surface area contributed by atoms with Crippen molar-refractivity contribution < 1.29 is 0 Å². The van der Waals surface area contributed by atoms with Gasteiger partial charge in [0.25, 0.3) is 0 Å². The largest absolute Gasteiger partial charge is 0.307 e. The summed E-state index contributed by atoms with van der Waals surface area (Å²) >= 11 is 1.84. The summed E-state index contributed by atoms with van der Waals surface area (Å²) in [5.41, 5.74) is 15.4. The van der Waals surface area contributed by atoms with E-state index in [0.29, 0.717) is 5.56 Å². The van der Waals surface area contributed by atoms with Gasteiger partial charge in [0.05, 0.1) is 61.9 Å². The minimum Gasteiger partial charge on any atom is -0.307 e. The fourth-order valence-electron chi connectivity index (χ4n) is 10.3. The molecule has 5 nitrogen and oxygen atoms in total. The van der Waals surface area contributed by atoms with Gasteiger partial charge < -0.3 is 9.13 Å². The van der Waals surface area contributed by atoms with Crippen LogP contribution < -0.4 is 0 Å². The molecule has 1 aliphatic heterocycles. The van der Waals surface area contributed by atoms with Crippen molar-refractivity contribution in [3.05, 3.63) is 216 Å². The number of aromatic nitrogens is 4. The molecule has 0 unspecified atom stereocenters. The molecule has 2 aliphatic rings. The second kappa shape index (κ2) is 12.4.